The molecule has 1 amide bonds. The summed E-state index contributed by atoms with van der Waals surface area (Å²) in [5.74, 6) is -0.467. The topological polar surface area (TPSA) is 63.2 Å². The van der Waals surface area contributed by atoms with Gasteiger partial charge in [0, 0.05) is 5.41 Å². The molecule has 0 saturated carbocycles. The van der Waals surface area contributed by atoms with E-state index in [2.05, 4.69) is 5.32 Å². The van der Waals surface area contributed by atoms with Crippen LogP contribution in [-0.2, 0) is 9.84 Å². The predicted octanol–water partition coefficient (Wildman–Crippen LogP) is 1.38. The molecule has 1 unspecified atom stereocenters. The van der Waals surface area contributed by atoms with Gasteiger partial charge in [0.1, 0.15) is 0 Å². The van der Waals surface area contributed by atoms with Gasteiger partial charge in [0.15, 0.2) is 9.84 Å². The number of hydrogen-bond acceptors (Lipinski definition) is 3. The van der Waals surface area contributed by atoms with Gasteiger partial charge in [-0.05, 0) is 18.2 Å². The summed E-state index contributed by atoms with van der Waals surface area (Å²) in [5.41, 5.74) is 0.340. The molecular formula is C11H10ClNO3S. The van der Waals surface area contributed by atoms with E-state index >= 15 is 0 Å². The van der Waals surface area contributed by atoms with E-state index in [0.717, 1.165) is 5.41 Å². The van der Waals surface area contributed by atoms with E-state index in [9.17, 15) is 13.2 Å². The lowest BCUT2D eigenvalue weighted by molar-refractivity contribution is 0.0948. The second-order valence-corrected chi connectivity index (χ2v) is 6.06. The highest BCUT2D eigenvalue weighted by atomic mass is 35.5. The van der Waals surface area contributed by atoms with E-state index in [1.165, 1.54) is 6.08 Å². The molecule has 0 radical (unpaired) electrons. The molecule has 1 N–H and O–H groups in total. The van der Waals surface area contributed by atoms with Gasteiger partial charge in [0.2, 0.25) is 0 Å². The van der Waals surface area contributed by atoms with Crippen LogP contribution in [0.3, 0.4) is 0 Å². The number of amides is 1. The van der Waals surface area contributed by atoms with Crippen molar-refractivity contribution in [3.05, 3.63) is 46.3 Å². The van der Waals surface area contributed by atoms with Crippen molar-refractivity contribution in [1.29, 1.82) is 0 Å². The van der Waals surface area contributed by atoms with Gasteiger partial charge in [0.05, 0.1) is 22.4 Å². The zero-order chi connectivity index (χ0) is 12.5. The molecule has 1 aliphatic rings. The first-order valence-electron chi connectivity index (χ1n) is 4.94. The Morgan fingerprint density at radius 3 is 2.65 bits per heavy atom. The molecule has 0 saturated heterocycles. The van der Waals surface area contributed by atoms with Crippen LogP contribution in [0, 0.1) is 0 Å². The van der Waals surface area contributed by atoms with E-state index in [1.807, 2.05) is 0 Å². The Kier molecular flexibility index (Phi) is 3.22. The third-order valence-corrected chi connectivity index (χ3v) is 4.09. The van der Waals surface area contributed by atoms with Crippen molar-refractivity contribution < 1.29 is 13.2 Å². The van der Waals surface area contributed by atoms with Crippen molar-refractivity contribution in [2.24, 2.45) is 0 Å². The average Bonchev–Trinajstić information content (AvgIpc) is 2.58. The molecule has 6 heteroatoms. The first-order valence-corrected chi connectivity index (χ1v) is 7.04. The van der Waals surface area contributed by atoms with E-state index < -0.39 is 15.9 Å². The fraction of sp³-hybridized carbons (Fsp3) is 0.182. The summed E-state index contributed by atoms with van der Waals surface area (Å²) >= 11 is 5.86. The number of halogens is 1. The van der Waals surface area contributed by atoms with Crippen molar-refractivity contribution in [2.75, 3.05) is 5.75 Å². The summed E-state index contributed by atoms with van der Waals surface area (Å²) in [6.07, 6.45) is 1.46. The Morgan fingerprint density at radius 2 is 2.06 bits per heavy atom. The summed E-state index contributed by atoms with van der Waals surface area (Å²) in [6.45, 7) is 0. The smallest absolute Gasteiger partial charge is 0.253 e. The number of sulfone groups is 1. The average molecular weight is 272 g/mol. The SMILES string of the molecule is O=C(NC1C=CS(=O)(=O)C1)c1ccccc1Cl. The van der Waals surface area contributed by atoms with Crippen LogP contribution in [0.15, 0.2) is 35.7 Å². The van der Waals surface area contributed by atoms with Gasteiger partial charge in [-0.25, -0.2) is 8.42 Å². The van der Waals surface area contributed by atoms with Crippen molar-refractivity contribution in [3.8, 4) is 0 Å². The monoisotopic (exact) mass is 271 g/mol. The van der Waals surface area contributed by atoms with Crippen LogP contribution in [0.2, 0.25) is 5.02 Å². The van der Waals surface area contributed by atoms with Crippen molar-refractivity contribution >= 4 is 27.3 Å². The van der Waals surface area contributed by atoms with E-state index in [4.69, 9.17) is 11.6 Å². The number of benzene rings is 1. The van der Waals surface area contributed by atoms with Gasteiger partial charge in [0.25, 0.3) is 5.91 Å². The van der Waals surface area contributed by atoms with Gasteiger partial charge in [-0.15, -0.1) is 0 Å². The Hall–Kier alpha value is -1.33. The second-order valence-electron chi connectivity index (χ2n) is 3.72. The highest BCUT2D eigenvalue weighted by Gasteiger charge is 2.23. The maximum absolute atomic E-state index is 11.8. The standard InChI is InChI=1S/C11H10ClNO3S/c12-10-4-2-1-3-9(10)11(14)13-8-5-6-17(15,16)7-8/h1-6,8H,7H2,(H,13,14). The van der Waals surface area contributed by atoms with Crippen molar-refractivity contribution in [1.82, 2.24) is 5.32 Å². The number of nitrogens with one attached hydrogen (secondary N) is 1. The van der Waals surface area contributed by atoms with Gasteiger partial charge in [-0.3, -0.25) is 4.79 Å². The molecule has 17 heavy (non-hydrogen) atoms. The predicted molar refractivity (Wildman–Crippen MR) is 65.6 cm³/mol. The summed E-state index contributed by atoms with van der Waals surface area (Å²) in [6, 6.07) is 6.13. The molecule has 1 atom stereocenters. The molecule has 1 aliphatic heterocycles. The molecule has 0 fully saturated rings. The van der Waals surface area contributed by atoms with Crippen LogP contribution in [0.1, 0.15) is 10.4 Å². The normalized spacial score (nSPS) is 21.4. The van der Waals surface area contributed by atoms with Crippen molar-refractivity contribution in [3.63, 3.8) is 0 Å². The van der Waals surface area contributed by atoms with E-state index in [-0.39, 0.29) is 11.7 Å². The van der Waals surface area contributed by atoms with Gasteiger partial charge >= 0.3 is 0 Å². The van der Waals surface area contributed by atoms with Crippen LogP contribution in [0.5, 0.6) is 0 Å². The molecule has 1 aromatic carbocycles. The lowest BCUT2D eigenvalue weighted by atomic mass is 10.2. The summed E-state index contributed by atoms with van der Waals surface area (Å²) < 4.78 is 22.3. The molecule has 90 valence electrons. The minimum absolute atomic E-state index is 0.0941. The molecule has 0 aliphatic carbocycles. The molecule has 4 nitrogen and oxygen atoms in total. The van der Waals surface area contributed by atoms with Gasteiger partial charge in [-0.1, -0.05) is 23.7 Å². The number of hydrogen-bond donors (Lipinski definition) is 1. The first kappa shape index (κ1) is 12.1. The summed E-state index contributed by atoms with van der Waals surface area (Å²) in [4.78, 5) is 11.8. The third-order valence-electron chi connectivity index (χ3n) is 2.37. The first-order chi connectivity index (χ1) is 7.98. The lowest BCUT2D eigenvalue weighted by Gasteiger charge is -2.10. The minimum atomic E-state index is -3.16. The van der Waals surface area contributed by atoms with E-state index in [1.54, 1.807) is 24.3 Å². The molecule has 0 spiro atoms. The van der Waals surface area contributed by atoms with Crippen LogP contribution in [0.4, 0.5) is 0 Å². The molecule has 1 aromatic rings. The second kappa shape index (κ2) is 4.50. The van der Waals surface area contributed by atoms with Crippen LogP contribution in [0.25, 0.3) is 0 Å². The zero-order valence-corrected chi connectivity index (χ0v) is 10.3. The maximum atomic E-state index is 11.8. The molecular weight excluding hydrogens is 262 g/mol. The zero-order valence-electron chi connectivity index (χ0n) is 8.76. The third kappa shape index (κ3) is 2.87. The molecule has 2 rings (SSSR count). The number of carbonyl (C=O) groups is 1. The Balaban J connectivity index is 2.09. The lowest BCUT2D eigenvalue weighted by Crippen LogP contribution is -2.35. The Morgan fingerprint density at radius 1 is 1.35 bits per heavy atom. The number of rotatable bonds is 2. The molecule has 1 heterocycles. The van der Waals surface area contributed by atoms with Gasteiger partial charge in [-0.2, -0.15) is 0 Å². The van der Waals surface area contributed by atoms with Crippen LogP contribution >= 0.6 is 11.6 Å². The minimum Gasteiger partial charge on any atom is -0.345 e. The summed E-state index contributed by atoms with van der Waals surface area (Å²) in [5, 5.41) is 4.06. The maximum Gasteiger partial charge on any atom is 0.253 e. The fourth-order valence-corrected chi connectivity index (χ4v) is 3.01. The fourth-order valence-electron chi connectivity index (χ4n) is 1.56. The summed E-state index contributed by atoms with van der Waals surface area (Å²) in [7, 11) is -3.16. The number of carbonyl (C=O) groups excluding carboxylic acids is 1. The Labute approximate surface area is 104 Å². The van der Waals surface area contributed by atoms with Crippen LogP contribution < -0.4 is 5.32 Å². The Bertz CT molecular complexity index is 580. The largest absolute Gasteiger partial charge is 0.345 e. The highest BCUT2D eigenvalue weighted by Crippen LogP contribution is 2.15. The highest BCUT2D eigenvalue weighted by molar-refractivity contribution is 7.94. The molecule has 0 aromatic heterocycles. The molecule has 0 bridgehead atoms. The van der Waals surface area contributed by atoms with Gasteiger partial charge < -0.3 is 5.32 Å². The van der Waals surface area contributed by atoms with Crippen LogP contribution in [-0.4, -0.2) is 26.1 Å². The quantitative estimate of drug-likeness (QED) is 0.884. The van der Waals surface area contributed by atoms with Crippen molar-refractivity contribution in [2.45, 2.75) is 6.04 Å². The van der Waals surface area contributed by atoms with E-state index in [0.29, 0.717) is 10.6 Å².